The van der Waals surface area contributed by atoms with Crippen molar-refractivity contribution < 1.29 is 0 Å². The molecule has 0 aromatic carbocycles. The van der Waals surface area contributed by atoms with Gasteiger partial charge in [0.2, 0.25) is 0 Å². The van der Waals surface area contributed by atoms with Crippen molar-refractivity contribution in [2.75, 3.05) is 0 Å². The van der Waals surface area contributed by atoms with Gasteiger partial charge in [-0.3, -0.25) is 4.99 Å². The molecule has 2 heterocycles. The van der Waals surface area contributed by atoms with Crippen LogP contribution in [0.5, 0.6) is 0 Å². The molecule has 0 radical (unpaired) electrons. The molecule has 2 rings (SSSR count). The maximum atomic E-state index is 9.80. The van der Waals surface area contributed by atoms with Gasteiger partial charge in [-0.05, 0) is 59.4 Å². The molecule has 0 aliphatic carbocycles. The van der Waals surface area contributed by atoms with Crippen molar-refractivity contribution in [2.24, 2.45) is 4.99 Å². The van der Waals surface area contributed by atoms with Crippen LogP contribution in [0.25, 0.3) is 11.3 Å². The van der Waals surface area contributed by atoms with Crippen LogP contribution in [-0.2, 0) is 0 Å². The van der Waals surface area contributed by atoms with Crippen molar-refractivity contribution in [1.29, 1.82) is 5.26 Å². The van der Waals surface area contributed by atoms with E-state index in [1.807, 2.05) is 0 Å². The van der Waals surface area contributed by atoms with Crippen LogP contribution in [0.2, 0.25) is 0 Å². The molecule has 0 saturated heterocycles. The second kappa shape index (κ2) is 6.20. The van der Waals surface area contributed by atoms with Gasteiger partial charge >= 0.3 is 0 Å². The van der Waals surface area contributed by atoms with Crippen molar-refractivity contribution in [3.8, 4) is 6.07 Å². The smallest absolute Gasteiger partial charge is 0.102 e. The molecule has 22 heavy (non-hydrogen) atoms. The molecule has 114 valence electrons. The number of nitrogens with zero attached hydrogens (tertiary/aromatic N) is 2. The Morgan fingerprint density at radius 1 is 0.864 bits per heavy atom. The lowest BCUT2D eigenvalue weighted by Crippen LogP contribution is -1.94. The van der Waals surface area contributed by atoms with E-state index in [1.54, 1.807) is 22.7 Å². The Kier molecular flexibility index (Phi) is 4.69. The lowest BCUT2D eigenvalue weighted by Gasteiger charge is -2.09. The molecule has 2 nitrogen and oxygen atoms in total. The average molecular weight is 329 g/mol. The first-order chi connectivity index (χ1) is 10.3. The summed E-state index contributed by atoms with van der Waals surface area (Å²) < 4.78 is 0. The number of rotatable bonds is 3. The van der Waals surface area contributed by atoms with E-state index in [9.17, 15) is 5.26 Å². The Bertz CT molecular complexity index is 826. The van der Waals surface area contributed by atoms with Crippen LogP contribution < -0.4 is 0 Å². The predicted octanol–water partition coefficient (Wildman–Crippen LogP) is 5.75. The van der Waals surface area contributed by atoms with Gasteiger partial charge in [-0.1, -0.05) is 0 Å². The zero-order valence-electron chi connectivity index (χ0n) is 13.9. The fourth-order valence-electron chi connectivity index (χ4n) is 2.81. The zero-order valence-corrected chi connectivity index (χ0v) is 15.6. The first kappa shape index (κ1) is 16.7. The summed E-state index contributed by atoms with van der Waals surface area (Å²) in [7, 11) is 0. The number of hydrogen-bond donors (Lipinski definition) is 0. The van der Waals surface area contributed by atoms with Gasteiger partial charge in [0.25, 0.3) is 0 Å². The third-order valence-corrected chi connectivity index (χ3v) is 6.36. The largest absolute Gasteiger partial charge is 0.263 e. The highest BCUT2D eigenvalue weighted by atomic mass is 32.1. The van der Waals surface area contributed by atoms with Gasteiger partial charge in [0, 0.05) is 30.6 Å². The molecule has 4 heteroatoms. The fourth-order valence-corrected chi connectivity index (χ4v) is 4.95. The van der Waals surface area contributed by atoms with E-state index in [2.05, 4.69) is 59.3 Å². The Labute approximate surface area is 140 Å². The molecule has 2 aromatic rings. The normalized spacial score (nSPS) is 12.0. The highest BCUT2D eigenvalue weighted by Gasteiger charge is 2.21. The molecule has 0 amide bonds. The second-order valence-electron chi connectivity index (χ2n) is 5.42. The van der Waals surface area contributed by atoms with Crippen LogP contribution in [0.3, 0.4) is 0 Å². The Morgan fingerprint density at radius 3 is 1.64 bits per heavy atom. The number of nitriles is 1. The molecule has 0 atom stereocenters. The quantitative estimate of drug-likeness (QED) is 0.522. The van der Waals surface area contributed by atoms with E-state index in [4.69, 9.17) is 0 Å². The fraction of sp³-hybridized carbons (Fsp3) is 0.333. The number of aliphatic imine (C=N–C) groups is 1. The summed E-state index contributed by atoms with van der Waals surface area (Å²) in [6.07, 6.45) is 0. The summed E-state index contributed by atoms with van der Waals surface area (Å²) in [6, 6.07) is 2.38. The van der Waals surface area contributed by atoms with Gasteiger partial charge in [0.15, 0.2) is 0 Å². The van der Waals surface area contributed by atoms with Crippen molar-refractivity contribution in [1.82, 2.24) is 0 Å². The highest BCUT2D eigenvalue weighted by Crippen LogP contribution is 2.40. The molecular formula is C18H20N2S2. The van der Waals surface area contributed by atoms with Crippen molar-refractivity contribution in [2.45, 2.75) is 41.5 Å². The molecule has 0 bridgehead atoms. The Morgan fingerprint density at radius 2 is 1.32 bits per heavy atom. The predicted molar refractivity (Wildman–Crippen MR) is 99.0 cm³/mol. The second-order valence-corrected chi connectivity index (χ2v) is 8.28. The van der Waals surface area contributed by atoms with Gasteiger partial charge < -0.3 is 0 Å². The van der Waals surface area contributed by atoms with E-state index in [-0.39, 0.29) is 0 Å². The van der Waals surface area contributed by atoms with Crippen molar-refractivity contribution in [3.05, 3.63) is 41.8 Å². The number of aryl methyl sites for hydroxylation is 4. The standard InChI is InChI=1S/C18H20N2S2/c1-9-11(3)21-13(5)16(9)15(8-19)18(20-7)17-10(2)12(4)22-14(17)6/h7H2,1-6H3/b18-15+. The Balaban J connectivity index is 2.86. The minimum absolute atomic E-state index is 0.637. The molecule has 0 unspecified atom stereocenters. The van der Waals surface area contributed by atoms with Crippen molar-refractivity contribution >= 4 is 40.7 Å². The van der Waals surface area contributed by atoms with E-state index >= 15 is 0 Å². The molecule has 0 aliphatic rings. The van der Waals surface area contributed by atoms with Gasteiger partial charge in [0.05, 0.1) is 11.3 Å². The van der Waals surface area contributed by atoms with Gasteiger partial charge in [0.1, 0.15) is 6.07 Å². The molecule has 0 saturated carbocycles. The van der Waals surface area contributed by atoms with E-state index in [0.717, 1.165) is 16.0 Å². The third kappa shape index (κ3) is 2.55. The zero-order chi connectivity index (χ0) is 16.6. The number of hydrogen-bond acceptors (Lipinski definition) is 4. The summed E-state index contributed by atoms with van der Waals surface area (Å²) in [5.74, 6) is 0. The van der Waals surface area contributed by atoms with Crippen molar-refractivity contribution in [3.63, 3.8) is 0 Å². The first-order valence-electron chi connectivity index (χ1n) is 7.08. The summed E-state index contributed by atoms with van der Waals surface area (Å²) in [4.78, 5) is 9.11. The number of thiophene rings is 2. The molecular weight excluding hydrogens is 308 g/mol. The topological polar surface area (TPSA) is 36.1 Å². The first-order valence-corrected chi connectivity index (χ1v) is 8.71. The maximum Gasteiger partial charge on any atom is 0.102 e. The van der Waals surface area contributed by atoms with Crippen LogP contribution in [0.1, 0.15) is 41.8 Å². The van der Waals surface area contributed by atoms with Gasteiger partial charge in [-0.25, -0.2) is 0 Å². The highest BCUT2D eigenvalue weighted by molar-refractivity contribution is 7.12. The summed E-state index contributed by atoms with van der Waals surface area (Å²) in [5, 5.41) is 9.80. The maximum absolute atomic E-state index is 9.80. The molecule has 0 fully saturated rings. The van der Waals surface area contributed by atoms with Crippen LogP contribution in [0, 0.1) is 52.9 Å². The summed E-state index contributed by atoms with van der Waals surface area (Å²) in [5.41, 5.74) is 5.80. The average Bonchev–Trinajstić information content (AvgIpc) is 2.86. The molecule has 0 aliphatic heterocycles. The third-order valence-electron chi connectivity index (χ3n) is 4.12. The monoisotopic (exact) mass is 328 g/mol. The lowest BCUT2D eigenvalue weighted by atomic mass is 9.96. The molecule has 2 aromatic heterocycles. The van der Waals surface area contributed by atoms with Crippen LogP contribution >= 0.6 is 22.7 Å². The van der Waals surface area contributed by atoms with Gasteiger partial charge in [-0.15, -0.1) is 22.7 Å². The van der Waals surface area contributed by atoms with Gasteiger partial charge in [-0.2, -0.15) is 5.26 Å². The lowest BCUT2D eigenvalue weighted by molar-refractivity contribution is 1.35. The minimum atomic E-state index is 0.637. The van der Waals surface area contributed by atoms with Crippen LogP contribution in [0.4, 0.5) is 0 Å². The summed E-state index contributed by atoms with van der Waals surface area (Å²) in [6.45, 7) is 16.3. The molecule has 0 spiro atoms. The van der Waals surface area contributed by atoms with E-state index in [0.29, 0.717) is 11.3 Å². The van der Waals surface area contributed by atoms with E-state index in [1.165, 1.54) is 25.8 Å². The van der Waals surface area contributed by atoms with Crippen LogP contribution in [-0.4, -0.2) is 6.72 Å². The SMILES string of the molecule is C=N/C(=C(\C#N)c1c(C)sc(C)c1C)c1c(C)sc(C)c1C. The van der Waals surface area contributed by atoms with E-state index < -0.39 is 0 Å². The number of allylic oxidation sites excluding steroid dienone is 1. The minimum Gasteiger partial charge on any atom is -0.263 e. The molecule has 0 N–H and O–H groups in total. The Hall–Kier alpha value is -1.70. The van der Waals surface area contributed by atoms with Crippen LogP contribution in [0.15, 0.2) is 4.99 Å². The summed E-state index contributed by atoms with van der Waals surface area (Å²) >= 11 is 3.48.